The number of hydrogen-bond acceptors (Lipinski definition) is 3. The molecule has 1 aliphatic carbocycles. The Morgan fingerprint density at radius 3 is 2.55 bits per heavy atom. The predicted octanol–water partition coefficient (Wildman–Crippen LogP) is 2.43. The third-order valence-electron chi connectivity index (χ3n) is 4.14. The van der Waals surface area contributed by atoms with Gasteiger partial charge in [-0.15, -0.1) is 0 Å². The first kappa shape index (κ1) is 15.5. The molecule has 1 fully saturated rings. The van der Waals surface area contributed by atoms with Crippen LogP contribution in [0.15, 0.2) is 29.2 Å². The van der Waals surface area contributed by atoms with Crippen LogP contribution in [0.4, 0.5) is 0 Å². The normalized spacial score (nSPS) is 23.7. The average molecular weight is 297 g/mol. The van der Waals surface area contributed by atoms with Crippen molar-refractivity contribution < 1.29 is 13.5 Å². The van der Waals surface area contributed by atoms with Crippen molar-refractivity contribution in [3.63, 3.8) is 0 Å². The highest BCUT2D eigenvalue weighted by Crippen LogP contribution is 2.27. The standard InChI is InChI=1S/C15H23NO3S/c1-2-12-6-8-14(9-7-12)16-20(18,19)15-5-3-4-13(10-15)11-17/h3-5,10,12,14,16-17H,2,6-9,11H2,1H3. The highest BCUT2D eigenvalue weighted by atomic mass is 32.2. The molecule has 1 aromatic rings. The first-order valence-electron chi connectivity index (χ1n) is 7.27. The second kappa shape index (κ2) is 6.70. The summed E-state index contributed by atoms with van der Waals surface area (Å²) in [6.07, 6.45) is 5.20. The lowest BCUT2D eigenvalue weighted by Crippen LogP contribution is -2.37. The Labute approximate surface area is 121 Å². The molecule has 20 heavy (non-hydrogen) atoms. The van der Waals surface area contributed by atoms with Crippen LogP contribution in [-0.2, 0) is 16.6 Å². The van der Waals surface area contributed by atoms with Crippen molar-refractivity contribution in [3.8, 4) is 0 Å². The smallest absolute Gasteiger partial charge is 0.240 e. The zero-order valence-corrected chi connectivity index (χ0v) is 12.7. The van der Waals surface area contributed by atoms with Crippen LogP contribution in [0.3, 0.4) is 0 Å². The van der Waals surface area contributed by atoms with Crippen LogP contribution in [-0.4, -0.2) is 19.6 Å². The average Bonchev–Trinajstić information content (AvgIpc) is 2.48. The molecule has 0 spiro atoms. The molecule has 0 unspecified atom stereocenters. The molecular formula is C15H23NO3S. The number of sulfonamides is 1. The van der Waals surface area contributed by atoms with E-state index in [1.54, 1.807) is 18.2 Å². The van der Waals surface area contributed by atoms with E-state index in [1.807, 2.05) is 0 Å². The minimum absolute atomic E-state index is 0.0422. The summed E-state index contributed by atoms with van der Waals surface area (Å²) in [5, 5.41) is 9.09. The molecule has 2 N–H and O–H groups in total. The second-order valence-electron chi connectivity index (χ2n) is 5.55. The third-order valence-corrected chi connectivity index (χ3v) is 5.66. The molecule has 0 aromatic heterocycles. The maximum absolute atomic E-state index is 12.3. The molecule has 112 valence electrons. The summed E-state index contributed by atoms with van der Waals surface area (Å²) in [5.41, 5.74) is 0.613. The molecule has 0 radical (unpaired) electrons. The number of aliphatic hydroxyl groups is 1. The predicted molar refractivity (Wildman–Crippen MR) is 78.7 cm³/mol. The molecule has 4 nitrogen and oxygen atoms in total. The Balaban J connectivity index is 2.04. The van der Waals surface area contributed by atoms with E-state index in [1.165, 1.54) is 12.5 Å². The molecule has 1 aliphatic rings. The first-order valence-corrected chi connectivity index (χ1v) is 8.75. The lowest BCUT2D eigenvalue weighted by Gasteiger charge is -2.28. The van der Waals surface area contributed by atoms with E-state index < -0.39 is 10.0 Å². The fourth-order valence-electron chi connectivity index (χ4n) is 2.79. The number of aliphatic hydroxyl groups excluding tert-OH is 1. The Kier molecular flexibility index (Phi) is 5.18. The Hall–Kier alpha value is -0.910. The zero-order valence-electron chi connectivity index (χ0n) is 11.9. The van der Waals surface area contributed by atoms with Gasteiger partial charge in [0.05, 0.1) is 11.5 Å². The fraction of sp³-hybridized carbons (Fsp3) is 0.600. The summed E-state index contributed by atoms with van der Waals surface area (Å²) < 4.78 is 27.5. The topological polar surface area (TPSA) is 66.4 Å². The van der Waals surface area contributed by atoms with Gasteiger partial charge in [0.2, 0.25) is 10.0 Å². The molecule has 0 aliphatic heterocycles. The summed E-state index contributed by atoms with van der Waals surface area (Å²) in [6, 6.07) is 6.51. The van der Waals surface area contributed by atoms with Crippen molar-refractivity contribution in [2.45, 2.75) is 56.6 Å². The van der Waals surface area contributed by atoms with Crippen molar-refractivity contribution in [2.24, 2.45) is 5.92 Å². The quantitative estimate of drug-likeness (QED) is 0.877. The van der Waals surface area contributed by atoms with Crippen molar-refractivity contribution in [2.75, 3.05) is 0 Å². The van der Waals surface area contributed by atoms with Gasteiger partial charge in [-0.3, -0.25) is 0 Å². The number of benzene rings is 1. The minimum Gasteiger partial charge on any atom is -0.392 e. The van der Waals surface area contributed by atoms with Crippen LogP contribution < -0.4 is 4.72 Å². The minimum atomic E-state index is -3.48. The lowest BCUT2D eigenvalue weighted by atomic mass is 9.85. The SMILES string of the molecule is CCC1CCC(NS(=O)(=O)c2cccc(CO)c2)CC1. The first-order chi connectivity index (χ1) is 9.55. The maximum Gasteiger partial charge on any atom is 0.240 e. The van der Waals surface area contributed by atoms with Gasteiger partial charge in [-0.1, -0.05) is 25.5 Å². The summed E-state index contributed by atoms with van der Waals surface area (Å²) in [5.74, 6) is 0.744. The van der Waals surface area contributed by atoms with E-state index in [0.29, 0.717) is 5.56 Å². The summed E-state index contributed by atoms with van der Waals surface area (Å²) in [4.78, 5) is 0.238. The lowest BCUT2D eigenvalue weighted by molar-refractivity contribution is 0.281. The molecule has 0 atom stereocenters. The fourth-order valence-corrected chi connectivity index (χ4v) is 4.16. The second-order valence-corrected chi connectivity index (χ2v) is 7.27. The molecule has 0 heterocycles. The van der Waals surface area contributed by atoms with Gasteiger partial charge in [0.15, 0.2) is 0 Å². The van der Waals surface area contributed by atoms with Crippen LogP contribution in [0.2, 0.25) is 0 Å². The monoisotopic (exact) mass is 297 g/mol. The summed E-state index contributed by atoms with van der Waals surface area (Å²) in [6.45, 7) is 2.04. The van der Waals surface area contributed by atoms with Gasteiger partial charge in [-0.2, -0.15) is 0 Å². The summed E-state index contributed by atoms with van der Waals surface area (Å²) >= 11 is 0. The van der Waals surface area contributed by atoms with Gasteiger partial charge >= 0.3 is 0 Å². The van der Waals surface area contributed by atoms with E-state index in [4.69, 9.17) is 5.11 Å². The van der Waals surface area contributed by atoms with Gasteiger partial charge in [0, 0.05) is 6.04 Å². The van der Waals surface area contributed by atoms with E-state index >= 15 is 0 Å². The van der Waals surface area contributed by atoms with E-state index in [9.17, 15) is 8.42 Å². The maximum atomic E-state index is 12.3. The highest BCUT2D eigenvalue weighted by molar-refractivity contribution is 7.89. The van der Waals surface area contributed by atoms with Gasteiger partial charge in [0.1, 0.15) is 0 Å². The van der Waals surface area contributed by atoms with Crippen molar-refractivity contribution in [3.05, 3.63) is 29.8 Å². The number of hydrogen-bond donors (Lipinski definition) is 2. The van der Waals surface area contributed by atoms with Crippen molar-refractivity contribution >= 4 is 10.0 Å². The molecule has 2 rings (SSSR count). The van der Waals surface area contributed by atoms with Crippen LogP contribution in [0, 0.1) is 5.92 Å². The molecule has 1 aromatic carbocycles. The number of rotatable bonds is 5. The summed E-state index contributed by atoms with van der Waals surface area (Å²) in [7, 11) is -3.48. The largest absolute Gasteiger partial charge is 0.392 e. The van der Waals surface area contributed by atoms with Gasteiger partial charge in [-0.05, 0) is 49.3 Å². The Morgan fingerprint density at radius 2 is 1.95 bits per heavy atom. The Bertz CT molecular complexity index is 534. The van der Waals surface area contributed by atoms with Crippen LogP contribution >= 0.6 is 0 Å². The van der Waals surface area contributed by atoms with E-state index in [2.05, 4.69) is 11.6 Å². The van der Waals surface area contributed by atoms with E-state index in [-0.39, 0.29) is 17.5 Å². The molecule has 0 amide bonds. The van der Waals surface area contributed by atoms with Gasteiger partial charge in [-0.25, -0.2) is 13.1 Å². The molecule has 5 heteroatoms. The van der Waals surface area contributed by atoms with E-state index in [0.717, 1.165) is 31.6 Å². The van der Waals surface area contributed by atoms with Gasteiger partial charge < -0.3 is 5.11 Å². The van der Waals surface area contributed by atoms with Gasteiger partial charge in [0.25, 0.3) is 0 Å². The number of nitrogens with one attached hydrogen (secondary N) is 1. The van der Waals surface area contributed by atoms with Crippen LogP contribution in [0.5, 0.6) is 0 Å². The Morgan fingerprint density at radius 1 is 1.25 bits per heavy atom. The molecule has 0 bridgehead atoms. The highest BCUT2D eigenvalue weighted by Gasteiger charge is 2.25. The van der Waals surface area contributed by atoms with Crippen molar-refractivity contribution in [1.82, 2.24) is 4.72 Å². The van der Waals surface area contributed by atoms with Crippen molar-refractivity contribution in [1.29, 1.82) is 0 Å². The third kappa shape index (κ3) is 3.81. The molecule has 0 saturated heterocycles. The van der Waals surface area contributed by atoms with Crippen LogP contribution in [0.1, 0.15) is 44.6 Å². The molecular weight excluding hydrogens is 274 g/mol. The zero-order chi connectivity index (χ0) is 14.6. The molecule has 1 saturated carbocycles. The van der Waals surface area contributed by atoms with Crippen LogP contribution in [0.25, 0.3) is 0 Å².